The summed E-state index contributed by atoms with van der Waals surface area (Å²) in [6.07, 6.45) is 1.92. The van der Waals surface area contributed by atoms with Crippen molar-refractivity contribution in [2.24, 2.45) is 0 Å². The Morgan fingerprint density at radius 2 is 1.11 bits per heavy atom. The summed E-state index contributed by atoms with van der Waals surface area (Å²) in [5.74, 6) is -7.31. The number of aryl methyl sites for hydroxylation is 1. The highest BCUT2D eigenvalue weighted by molar-refractivity contribution is 5.74. The van der Waals surface area contributed by atoms with E-state index in [1.165, 1.54) is 35.9 Å². The zero-order valence-electron chi connectivity index (χ0n) is 23.4. The third-order valence-electron chi connectivity index (χ3n) is 7.11. The maximum atomic E-state index is 15.2. The Kier molecular flexibility index (Phi) is 8.90. The monoisotopic (exact) mass is 606 g/mol. The second-order valence-electron chi connectivity index (χ2n) is 10.1. The van der Waals surface area contributed by atoms with Crippen LogP contribution in [0.15, 0.2) is 109 Å². The van der Waals surface area contributed by atoms with Crippen LogP contribution in [0.5, 0.6) is 5.75 Å². The van der Waals surface area contributed by atoms with Crippen LogP contribution in [0.4, 0.5) is 30.7 Å². The van der Waals surface area contributed by atoms with Crippen LogP contribution in [0, 0.1) is 29.1 Å². The SMILES string of the molecule is C/C=C/CCc1ccc(-c2ccc(-c3ccc(-c4ccc(C(F)(F)Oc5cc(F)c(F)c(F)c5)cc4)c(F)c3)c(F)c2)cc1. The molecule has 0 aliphatic heterocycles. The summed E-state index contributed by atoms with van der Waals surface area (Å²) in [5.41, 5.74) is 2.84. The number of allylic oxidation sites excluding steroid dienone is 2. The Labute approximate surface area is 249 Å². The van der Waals surface area contributed by atoms with Crippen molar-refractivity contribution in [3.8, 4) is 39.1 Å². The highest BCUT2D eigenvalue weighted by atomic mass is 19.3. The number of rotatable bonds is 9. The molecule has 0 amide bonds. The highest BCUT2D eigenvalue weighted by Gasteiger charge is 2.35. The van der Waals surface area contributed by atoms with Crippen molar-refractivity contribution in [1.82, 2.24) is 0 Å². The summed E-state index contributed by atoms with van der Waals surface area (Å²) in [7, 11) is 0. The Bertz CT molecular complexity index is 1790. The van der Waals surface area contributed by atoms with Crippen molar-refractivity contribution >= 4 is 0 Å². The lowest BCUT2D eigenvalue weighted by Crippen LogP contribution is -2.22. The van der Waals surface area contributed by atoms with E-state index in [4.69, 9.17) is 0 Å². The summed E-state index contributed by atoms with van der Waals surface area (Å²) >= 11 is 0. The van der Waals surface area contributed by atoms with Crippen LogP contribution in [0.25, 0.3) is 33.4 Å². The summed E-state index contributed by atoms with van der Waals surface area (Å²) < 4.78 is 104. The largest absolute Gasteiger partial charge is 0.429 e. The molecule has 0 aliphatic rings. The van der Waals surface area contributed by atoms with Gasteiger partial charge in [0.05, 0.1) is 5.56 Å². The fourth-order valence-corrected chi connectivity index (χ4v) is 4.77. The molecular weight excluding hydrogens is 581 g/mol. The second kappa shape index (κ2) is 12.8. The van der Waals surface area contributed by atoms with Crippen molar-refractivity contribution in [2.45, 2.75) is 25.9 Å². The Morgan fingerprint density at radius 1 is 0.591 bits per heavy atom. The number of halogens is 7. The number of hydrogen-bond donors (Lipinski definition) is 0. The van der Waals surface area contributed by atoms with Gasteiger partial charge in [-0.3, -0.25) is 0 Å². The predicted molar refractivity (Wildman–Crippen MR) is 157 cm³/mol. The molecule has 0 saturated carbocycles. The van der Waals surface area contributed by atoms with E-state index in [0.29, 0.717) is 23.3 Å². The van der Waals surface area contributed by atoms with Gasteiger partial charge in [-0.25, -0.2) is 22.0 Å². The average Bonchev–Trinajstić information content (AvgIpc) is 3.00. The van der Waals surface area contributed by atoms with E-state index in [0.717, 1.165) is 36.6 Å². The molecule has 5 aromatic carbocycles. The van der Waals surface area contributed by atoms with E-state index in [9.17, 15) is 22.0 Å². The number of alkyl halides is 2. The second-order valence-corrected chi connectivity index (χ2v) is 10.1. The van der Waals surface area contributed by atoms with Crippen molar-refractivity contribution in [3.05, 3.63) is 149 Å². The molecule has 5 aromatic rings. The molecular formula is C36H25F7O. The van der Waals surface area contributed by atoms with Crippen LogP contribution in [0.3, 0.4) is 0 Å². The van der Waals surface area contributed by atoms with Crippen molar-refractivity contribution in [3.63, 3.8) is 0 Å². The maximum absolute atomic E-state index is 15.2. The first-order valence-electron chi connectivity index (χ1n) is 13.7. The molecule has 44 heavy (non-hydrogen) atoms. The number of hydrogen-bond acceptors (Lipinski definition) is 1. The van der Waals surface area contributed by atoms with Crippen LogP contribution in [0.2, 0.25) is 0 Å². The zero-order chi connectivity index (χ0) is 31.4. The summed E-state index contributed by atoms with van der Waals surface area (Å²) in [4.78, 5) is 0. The minimum absolute atomic E-state index is 0.0822. The van der Waals surface area contributed by atoms with Gasteiger partial charge in [-0.1, -0.05) is 72.8 Å². The fraction of sp³-hybridized carbons (Fsp3) is 0.111. The minimum Gasteiger partial charge on any atom is -0.429 e. The van der Waals surface area contributed by atoms with E-state index >= 15 is 8.78 Å². The van der Waals surface area contributed by atoms with Crippen LogP contribution in [0.1, 0.15) is 24.5 Å². The molecule has 0 heterocycles. The normalized spacial score (nSPS) is 11.7. The van der Waals surface area contributed by atoms with Gasteiger partial charge in [0.25, 0.3) is 0 Å². The Hall–Kier alpha value is -4.85. The molecule has 0 radical (unpaired) electrons. The Morgan fingerprint density at radius 3 is 1.70 bits per heavy atom. The van der Waals surface area contributed by atoms with Crippen LogP contribution in [-0.2, 0) is 12.5 Å². The molecule has 0 aromatic heterocycles. The van der Waals surface area contributed by atoms with Gasteiger partial charge in [-0.2, -0.15) is 8.78 Å². The van der Waals surface area contributed by atoms with E-state index in [1.807, 2.05) is 37.3 Å². The smallest absolute Gasteiger partial charge is 0.426 e. The summed E-state index contributed by atoms with van der Waals surface area (Å²) in [5, 5.41) is 0. The Balaban J connectivity index is 1.32. The van der Waals surface area contributed by atoms with E-state index < -0.39 is 46.5 Å². The summed E-state index contributed by atoms with van der Waals surface area (Å²) in [6.45, 7) is 1.98. The molecule has 1 nitrogen and oxygen atoms in total. The molecule has 0 fully saturated rings. The molecule has 5 rings (SSSR count). The van der Waals surface area contributed by atoms with Gasteiger partial charge in [0, 0.05) is 23.3 Å². The molecule has 0 unspecified atom stereocenters. The zero-order valence-corrected chi connectivity index (χ0v) is 23.4. The standard InChI is InChI=1S/C36H25F7O/c1-2-3-4-5-22-6-8-23(9-7-22)25-12-16-30(31(37)18-25)26-13-17-29(32(38)19-26)24-10-14-27(15-11-24)36(42,43)44-28-20-33(39)35(41)34(40)21-28/h2-3,6-21H,4-5H2,1H3/b3-2+. The average molecular weight is 607 g/mol. The quantitative estimate of drug-likeness (QED) is 0.0922. The van der Waals surface area contributed by atoms with E-state index in [2.05, 4.69) is 10.8 Å². The number of ether oxygens (including phenoxy) is 1. The third kappa shape index (κ3) is 6.70. The van der Waals surface area contributed by atoms with Gasteiger partial charge in [0.15, 0.2) is 17.5 Å². The molecule has 0 saturated heterocycles. The van der Waals surface area contributed by atoms with Crippen LogP contribution >= 0.6 is 0 Å². The lowest BCUT2D eigenvalue weighted by atomic mass is 9.96. The van der Waals surface area contributed by atoms with E-state index in [1.54, 1.807) is 12.1 Å². The van der Waals surface area contributed by atoms with Crippen LogP contribution in [-0.4, -0.2) is 0 Å². The number of benzene rings is 5. The first-order chi connectivity index (χ1) is 21.1. The first-order valence-corrected chi connectivity index (χ1v) is 13.7. The first kappa shape index (κ1) is 30.6. The van der Waals surface area contributed by atoms with Gasteiger partial charge in [-0.05, 0) is 71.8 Å². The predicted octanol–water partition coefficient (Wildman–Crippen LogP) is 11.0. The van der Waals surface area contributed by atoms with Gasteiger partial charge in [0.2, 0.25) is 0 Å². The lowest BCUT2D eigenvalue weighted by molar-refractivity contribution is -0.185. The molecule has 0 spiro atoms. The molecule has 0 N–H and O–H groups in total. The molecule has 0 aliphatic carbocycles. The molecule has 0 atom stereocenters. The third-order valence-corrected chi connectivity index (χ3v) is 7.11. The topological polar surface area (TPSA) is 9.23 Å². The maximum Gasteiger partial charge on any atom is 0.426 e. The highest BCUT2D eigenvalue weighted by Crippen LogP contribution is 2.36. The van der Waals surface area contributed by atoms with Gasteiger partial charge in [-0.15, -0.1) is 0 Å². The lowest BCUT2D eigenvalue weighted by Gasteiger charge is -2.19. The molecule has 224 valence electrons. The summed E-state index contributed by atoms with van der Waals surface area (Å²) in [6, 6.07) is 21.7. The van der Waals surface area contributed by atoms with Gasteiger partial charge in [0.1, 0.15) is 17.4 Å². The van der Waals surface area contributed by atoms with E-state index in [-0.39, 0.29) is 16.7 Å². The minimum atomic E-state index is -4.03. The fourth-order valence-electron chi connectivity index (χ4n) is 4.77. The van der Waals surface area contributed by atoms with Gasteiger partial charge < -0.3 is 4.74 Å². The molecule has 8 heteroatoms. The van der Waals surface area contributed by atoms with Crippen molar-refractivity contribution in [2.75, 3.05) is 0 Å². The molecule has 0 bridgehead atoms. The van der Waals surface area contributed by atoms with Crippen molar-refractivity contribution in [1.29, 1.82) is 0 Å². The van der Waals surface area contributed by atoms with Gasteiger partial charge >= 0.3 is 6.11 Å². The van der Waals surface area contributed by atoms with Crippen LogP contribution < -0.4 is 4.74 Å². The van der Waals surface area contributed by atoms with Crippen molar-refractivity contribution < 1.29 is 35.5 Å².